The molecule has 0 aliphatic heterocycles. The molecule has 0 heterocycles. The minimum absolute atomic E-state index is 0.0836. The molecule has 0 spiro atoms. The van der Waals surface area contributed by atoms with Gasteiger partial charge in [-0.15, -0.1) is 0 Å². The molecule has 0 fully saturated rings. The van der Waals surface area contributed by atoms with Crippen LogP contribution in [0.1, 0.15) is 78.1 Å². The van der Waals surface area contributed by atoms with Crippen LogP contribution in [0.5, 0.6) is 0 Å². The van der Waals surface area contributed by atoms with Gasteiger partial charge >= 0.3 is 0 Å². The Kier molecular flexibility index (Phi) is 12.8. The van der Waals surface area contributed by atoms with Gasteiger partial charge in [0.15, 0.2) is 0 Å². The molecule has 17 heavy (non-hydrogen) atoms. The predicted octanol–water partition coefficient (Wildman–Crippen LogP) is 4.80. The molecule has 1 amide bonds. The van der Waals surface area contributed by atoms with Crippen LogP contribution in [0.25, 0.3) is 0 Å². The molecule has 2 nitrogen and oxygen atoms in total. The monoisotopic (exact) mass is 353 g/mol. The van der Waals surface area contributed by atoms with Crippen molar-refractivity contribution in [1.29, 1.82) is 0 Å². The average Bonchev–Trinajstić information content (AvgIpc) is 2.26. The molecule has 102 valence electrons. The number of unbranched alkanes of at least 4 members (excludes halogenated alkanes) is 8. The molecule has 0 aromatic heterocycles. The van der Waals surface area contributed by atoms with E-state index in [-0.39, 0.29) is 5.91 Å². The standard InChI is InChI=1S/C14H28INO/c1-3-4-5-6-7-8-9-10-11-12-14(15)16-13(2)17/h14H,3-12H2,1-2H3,(H,16,17). The van der Waals surface area contributed by atoms with E-state index in [9.17, 15) is 4.79 Å². The summed E-state index contributed by atoms with van der Waals surface area (Å²) in [6, 6.07) is 0. The molecule has 0 aromatic rings. The van der Waals surface area contributed by atoms with Crippen LogP contribution >= 0.6 is 22.6 Å². The third-order valence-electron chi connectivity index (χ3n) is 2.92. The molecule has 3 heteroatoms. The van der Waals surface area contributed by atoms with Gasteiger partial charge in [0.25, 0.3) is 0 Å². The van der Waals surface area contributed by atoms with Crippen LogP contribution in [0.4, 0.5) is 0 Å². The van der Waals surface area contributed by atoms with Crippen LogP contribution in [-0.2, 0) is 4.79 Å². The molecular weight excluding hydrogens is 325 g/mol. The Morgan fingerprint density at radius 2 is 1.47 bits per heavy atom. The molecule has 1 unspecified atom stereocenters. The topological polar surface area (TPSA) is 29.1 Å². The predicted molar refractivity (Wildman–Crippen MR) is 83.5 cm³/mol. The Bertz CT molecular complexity index is 185. The van der Waals surface area contributed by atoms with Crippen LogP contribution < -0.4 is 5.32 Å². The van der Waals surface area contributed by atoms with Gasteiger partial charge in [-0.25, -0.2) is 0 Å². The summed E-state index contributed by atoms with van der Waals surface area (Å²) >= 11 is 2.31. The molecule has 0 saturated heterocycles. The molecule has 0 radical (unpaired) electrons. The lowest BCUT2D eigenvalue weighted by atomic mass is 10.1. The molecule has 1 atom stereocenters. The highest BCUT2D eigenvalue weighted by atomic mass is 127. The first-order valence-electron chi connectivity index (χ1n) is 7.08. The first-order valence-corrected chi connectivity index (χ1v) is 8.32. The van der Waals surface area contributed by atoms with E-state index in [0.717, 1.165) is 6.42 Å². The van der Waals surface area contributed by atoms with Crippen molar-refractivity contribution < 1.29 is 4.79 Å². The Hall–Kier alpha value is 0.200. The van der Waals surface area contributed by atoms with Crippen molar-refractivity contribution in [3.8, 4) is 0 Å². The van der Waals surface area contributed by atoms with Crippen molar-refractivity contribution >= 4 is 28.5 Å². The molecule has 0 rings (SSSR count). The molecule has 1 N–H and O–H groups in total. The highest BCUT2D eigenvalue weighted by Gasteiger charge is 2.03. The summed E-state index contributed by atoms with van der Waals surface area (Å²) in [4.78, 5) is 10.8. The molecule has 0 aromatic carbocycles. The summed E-state index contributed by atoms with van der Waals surface area (Å²) in [7, 11) is 0. The van der Waals surface area contributed by atoms with Gasteiger partial charge < -0.3 is 5.32 Å². The summed E-state index contributed by atoms with van der Waals surface area (Å²) in [5, 5.41) is 2.92. The van der Waals surface area contributed by atoms with Crippen LogP contribution in [0.2, 0.25) is 0 Å². The maximum absolute atomic E-state index is 10.8. The lowest BCUT2D eigenvalue weighted by Crippen LogP contribution is -2.27. The van der Waals surface area contributed by atoms with Gasteiger partial charge in [-0.05, 0) is 6.42 Å². The summed E-state index contributed by atoms with van der Waals surface area (Å²) < 4.78 is 0.314. The van der Waals surface area contributed by atoms with Crippen molar-refractivity contribution in [2.75, 3.05) is 0 Å². The number of alkyl halides is 1. The maximum Gasteiger partial charge on any atom is 0.217 e. The van der Waals surface area contributed by atoms with Crippen molar-refractivity contribution in [2.45, 2.75) is 82.1 Å². The summed E-state index contributed by atoms with van der Waals surface area (Å²) in [5.74, 6) is 0.0836. The second-order valence-electron chi connectivity index (χ2n) is 4.79. The van der Waals surface area contributed by atoms with E-state index >= 15 is 0 Å². The zero-order chi connectivity index (χ0) is 12.9. The van der Waals surface area contributed by atoms with Crippen molar-refractivity contribution in [3.63, 3.8) is 0 Å². The SMILES string of the molecule is CCCCCCCCCCCC(I)NC(C)=O. The second kappa shape index (κ2) is 12.7. The molecular formula is C14H28INO. The number of rotatable bonds is 11. The summed E-state index contributed by atoms with van der Waals surface area (Å²) in [6.07, 6.45) is 13.4. The zero-order valence-corrected chi connectivity index (χ0v) is 13.6. The number of amides is 1. The fourth-order valence-corrected chi connectivity index (χ4v) is 2.81. The van der Waals surface area contributed by atoms with Crippen molar-refractivity contribution in [2.24, 2.45) is 0 Å². The average molecular weight is 353 g/mol. The minimum atomic E-state index is 0.0836. The Morgan fingerprint density at radius 3 is 1.94 bits per heavy atom. The van der Waals surface area contributed by atoms with Gasteiger partial charge in [-0.1, -0.05) is 87.3 Å². The van der Waals surface area contributed by atoms with Gasteiger partial charge in [0, 0.05) is 6.92 Å². The number of carbonyl (C=O) groups excluding carboxylic acids is 1. The number of hydrogen-bond donors (Lipinski definition) is 1. The van der Waals surface area contributed by atoms with Gasteiger partial charge in [0.05, 0.1) is 4.05 Å². The highest BCUT2D eigenvalue weighted by molar-refractivity contribution is 14.1. The third kappa shape index (κ3) is 14.1. The fourth-order valence-electron chi connectivity index (χ4n) is 1.93. The third-order valence-corrected chi connectivity index (χ3v) is 3.86. The number of nitrogens with one attached hydrogen (secondary N) is 1. The number of hydrogen-bond acceptors (Lipinski definition) is 1. The van der Waals surface area contributed by atoms with Crippen LogP contribution in [0.15, 0.2) is 0 Å². The fraction of sp³-hybridized carbons (Fsp3) is 0.929. The molecule has 0 aliphatic rings. The lowest BCUT2D eigenvalue weighted by molar-refractivity contribution is -0.119. The van der Waals surface area contributed by atoms with Crippen LogP contribution in [0.3, 0.4) is 0 Å². The van der Waals surface area contributed by atoms with E-state index < -0.39 is 0 Å². The smallest absolute Gasteiger partial charge is 0.217 e. The number of halogens is 1. The first-order chi connectivity index (χ1) is 8.16. The van der Waals surface area contributed by atoms with Crippen molar-refractivity contribution in [1.82, 2.24) is 5.32 Å². The van der Waals surface area contributed by atoms with Crippen LogP contribution in [-0.4, -0.2) is 9.96 Å². The lowest BCUT2D eigenvalue weighted by Gasteiger charge is -2.10. The van der Waals surface area contributed by atoms with E-state index in [1.165, 1.54) is 57.8 Å². The minimum Gasteiger partial charge on any atom is -0.345 e. The van der Waals surface area contributed by atoms with Crippen molar-refractivity contribution in [3.05, 3.63) is 0 Å². The number of carbonyl (C=O) groups is 1. The van der Waals surface area contributed by atoms with E-state index in [1.54, 1.807) is 6.92 Å². The van der Waals surface area contributed by atoms with Gasteiger partial charge in [-0.3, -0.25) is 4.79 Å². The Labute approximate surface area is 120 Å². The highest BCUT2D eigenvalue weighted by Crippen LogP contribution is 2.13. The Balaban J connectivity index is 3.10. The second-order valence-corrected chi connectivity index (χ2v) is 6.29. The van der Waals surface area contributed by atoms with E-state index in [1.807, 2.05) is 0 Å². The molecule has 0 aliphatic carbocycles. The van der Waals surface area contributed by atoms with Gasteiger partial charge in [0.1, 0.15) is 0 Å². The van der Waals surface area contributed by atoms with E-state index in [4.69, 9.17) is 0 Å². The van der Waals surface area contributed by atoms with E-state index in [2.05, 4.69) is 34.8 Å². The quantitative estimate of drug-likeness (QED) is 0.246. The maximum atomic E-state index is 10.8. The summed E-state index contributed by atoms with van der Waals surface area (Å²) in [6.45, 7) is 3.84. The molecule has 0 saturated carbocycles. The Morgan fingerprint density at radius 1 is 1.00 bits per heavy atom. The normalized spacial score (nSPS) is 12.4. The zero-order valence-electron chi connectivity index (χ0n) is 11.4. The van der Waals surface area contributed by atoms with E-state index in [0.29, 0.717) is 4.05 Å². The first kappa shape index (κ1) is 17.2. The van der Waals surface area contributed by atoms with Gasteiger partial charge in [0.2, 0.25) is 5.91 Å². The molecule has 0 bridgehead atoms. The largest absolute Gasteiger partial charge is 0.345 e. The van der Waals surface area contributed by atoms with Gasteiger partial charge in [-0.2, -0.15) is 0 Å². The van der Waals surface area contributed by atoms with Crippen LogP contribution in [0, 0.1) is 0 Å². The summed E-state index contributed by atoms with van der Waals surface area (Å²) in [5.41, 5.74) is 0.